The Morgan fingerprint density at radius 1 is 0.963 bits per heavy atom. The number of hydrogen-bond donors (Lipinski definition) is 1. The molecule has 1 aliphatic heterocycles. The van der Waals surface area contributed by atoms with Gasteiger partial charge in [-0.2, -0.15) is 0 Å². The highest BCUT2D eigenvalue weighted by Crippen LogP contribution is 2.42. The molecule has 0 amide bonds. The molecule has 0 radical (unpaired) electrons. The molecule has 0 saturated heterocycles. The number of nitrogens with one attached hydrogen (secondary N) is 1. The molecule has 0 fully saturated rings. The van der Waals surface area contributed by atoms with E-state index in [9.17, 15) is 0 Å². The van der Waals surface area contributed by atoms with Crippen molar-refractivity contribution in [3.63, 3.8) is 0 Å². The maximum Gasteiger partial charge on any atom is 0.130 e. The largest absolute Gasteiger partial charge is 0.496 e. The van der Waals surface area contributed by atoms with Gasteiger partial charge in [-0.05, 0) is 78.6 Å². The van der Waals surface area contributed by atoms with E-state index in [1.54, 1.807) is 14.2 Å². The van der Waals surface area contributed by atoms with E-state index in [1.807, 2.05) is 12.1 Å². The van der Waals surface area contributed by atoms with Crippen LogP contribution in [-0.4, -0.2) is 20.3 Å². The van der Waals surface area contributed by atoms with Gasteiger partial charge in [0.2, 0.25) is 0 Å². The Labute approximate surface area is 161 Å². The average Bonchev–Trinajstić information content (AvgIpc) is 2.66. The summed E-state index contributed by atoms with van der Waals surface area (Å²) in [5.74, 6) is 1.69. The fourth-order valence-corrected chi connectivity index (χ4v) is 4.51. The minimum Gasteiger partial charge on any atom is -0.496 e. The molecule has 27 heavy (non-hydrogen) atoms. The molecule has 0 aliphatic carbocycles. The number of rotatable bonds is 3. The first-order valence-corrected chi connectivity index (χ1v) is 9.57. The van der Waals surface area contributed by atoms with E-state index in [2.05, 4.69) is 56.4 Å². The summed E-state index contributed by atoms with van der Waals surface area (Å²) in [6, 6.07) is 16.1. The molecular formula is C24H27NO2. The van der Waals surface area contributed by atoms with Gasteiger partial charge in [0.25, 0.3) is 0 Å². The number of hydrogen-bond acceptors (Lipinski definition) is 3. The van der Waals surface area contributed by atoms with Gasteiger partial charge in [-0.3, -0.25) is 0 Å². The van der Waals surface area contributed by atoms with E-state index in [0.717, 1.165) is 28.7 Å². The van der Waals surface area contributed by atoms with Crippen LogP contribution in [0, 0.1) is 6.92 Å². The number of fused-ring (bicyclic) bond motifs is 2. The van der Waals surface area contributed by atoms with E-state index in [4.69, 9.17) is 9.47 Å². The fourth-order valence-electron chi connectivity index (χ4n) is 4.51. The fraction of sp³-hybridized carbons (Fsp3) is 0.333. The predicted molar refractivity (Wildman–Crippen MR) is 112 cm³/mol. The summed E-state index contributed by atoms with van der Waals surface area (Å²) < 4.78 is 11.3. The molecule has 140 valence electrons. The van der Waals surface area contributed by atoms with Gasteiger partial charge < -0.3 is 14.8 Å². The van der Waals surface area contributed by atoms with Crippen molar-refractivity contribution in [1.29, 1.82) is 0 Å². The molecule has 1 N–H and O–H groups in total. The molecule has 0 saturated carbocycles. The Morgan fingerprint density at radius 2 is 1.74 bits per heavy atom. The molecule has 4 rings (SSSR count). The maximum atomic E-state index is 5.67. The van der Waals surface area contributed by atoms with Crippen molar-refractivity contribution in [1.82, 2.24) is 5.32 Å². The monoisotopic (exact) mass is 361 g/mol. The maximum absolute atomic E-state index is 5.67. The Balaban J connectivity index is 1.98. The quantitative estimate of drug-likeness (QED) is 0.675. The van der Waals surface area contributed by atoms with Gasteiger partial charge in [-0.1, -0.05) is 24.3 Å². The first-order valence-electron chi connectivity index (χ1n) is 9.57. The van der Waals surface area contributed by atoms with Crippen molar-refractivity contribution in [2.75, 3.05) is 14.2 Å². The van der Waals surface area contributed by atoms with Crippen LogP contribution in [0.1, 0.15) is 36.6 Å². The van der Waals surface area contributed by atoms with Crippen LogP contribution >= 0.6 is 0 Å². The summed E-state index contributed by atoms with van der Waals surface area (Å²) in [7, 11) is 3.43. The highest BCUT2D eigenvalue weighted by molar-refractivity contribution is 6.04. The average molecular weight is 361 g/mol. The third-order valence-corrected chi connectivity index (χ3v) is 5.69. The van der Waals surface area contributed by atoms with Gasteiger partial charge in [0.05, 0.1) is 19.6 Å². The summed E-state index contributed by atoms with van der Waals surface area (Å²) in [6.45, 7) is 6.65. The van der Waals surface area contributed by atoms with Gasteiger partial charge in [0.15, 0.2) is 0 Å². The molecule has 1 aliphatic rings. The molecule has 0 spiro atoms. The Kier molecular flexibility index (Phi) is 4.56. The standard InChI is InChI=1S/C24H27NO2/c1-14-11-22(27-5)24-19(7-6-8-21(24)26-4)23(14)18-10-9-17-12-15(2)25-16(3)20(17)13-18/h6-11,13,15-16,25H,12H2,1-5H3/t15-,16-/m1/s1. The molecule has 0 bridgehead atoms. The van der Waals surface area contributed by atoms with E-state index in [1.165, 1.54) is 27.8 Å². The second kappa shape index (κ2) is 6.90. The Morgan fingerprint density at radius 3 is 2.48 bits per heavy atom. The highest BCUT2D eigenvalue weighted by Gasteiger charge is 2.22. The van der Waals surface area contributed by atoms with Crippen molar-refractivity contribution in [3.8, 4) is 22.6 Å². The van der Waals surface area contributed by atoms with Crippen molar-refractivity contribution in [3.05, 3.63) is 59.2 Å². The van der Waals surface area contributed by atoms with Gasteiger partial charge >= 0.3 is 0 Å². The van der Waals surface area contributed by atoms with Crippen LogP contribution < -0.4 is 14.8 Å². The zero-order valence-electron chi connectivity index (χ0n) is 16.7. The lowest BCUT2D eigenvalue weighted by Gasteiger charge is -2.30. The van der Waals surface area contributed by atoms with E-state index in [0.29, 0.717) is 12.1 Å². The van der Waals surface area contributed by atoms with Gasteiger partial charge in [0, 0.05) is 12.1 Å². The number of ether oxygens (including phenoxy) is 2. The molecule has 3 heteroatoms. The first-order chi connectivity index (χ1) is 13.0. The van der Waals surface area contributed by atoms with Crippen molar-refractivity contribution < 1.29 is 9.47 Å². The second-order valence-corrected chi connectivity index (χ2v) is 7.56. The lowest BCUT2D eigenvalue weighted by Crippen LogP contribution is -2.35. The Bertz CT molecular complexity index is 1010. The normalized spacial score (nSPS) is 19.0. The predicted octanol–water partition coefficient (Wildman–Crippen LogP) is 5.43. The summed E-state index contributed by atoms with van der Waals surface area (Å²) >= 11 is 0. The summed E-state index contributed by atoms with van der Waals surface area (Å²) in [5.41, 5.74) is 6.55. The van der Waals surface area contributed by atoms with Crippen molar-refractivity contribution >= 4 is 10.8 Å². The first kappa shape index (κ1) is 17.9. The smallest absolute Gasteiger partial charge is 0.130 e. The minimum atomic E-state index is 0.364. The van der Waals surface area contributed by atoms with Crippen LogP contribution in [0.2, 0.25) is 0 Å². The third-order valence-electron chi connectivity index (χ3n) is 5.69. The molecule has 3 aromatic rings. The molecular weight excluding hydrogens is 334 g/mol. The summed E-state index contributed by atoms with van der Waals surface area (Å²) in [5, 5.41) is 5.85. The number of benzene rings is 3. The van der Waals surface area contributed by atoms with Crippen molar-refractivity contribution in [2.45, 2.75) is 39.3 Å². The molecule has 2 atom stereocenters. The highest BCUT2D eigenvalue weighted by atomic mass is 16.5. The molecule has 0 unspecified atom stereocenters. The van der Waals surface area contributed by atoms with Crippen LogP contribution in [0.3, 0.4) is 0 Å². The zero-order valence-corrected chi connectivity index (χ0v) is 16.7. The van der Waals surface area contributed by atoms with Crippen LogP contribution in [0.15, 0.2) is 42.5 Å². The minimum absolute atomic E-state index is 0.364. The van der Waals surface area contributed by atoms with Gasteiger partial charge in [0.1, 0.15) is 11.5 Å². The molecule has 3 nitrogen and oxygen atoms in total. The van der Waals surface area contributed by atoms with Crippen LogP contribution in [0.5, 0.6) is 11.5 Å². The van der Waals surface area contributed by atoms with E-state index < -0.39 is 0 Å². The van der Waals surface area contributed by atoms with Crippen LogP contribution in [0.25, 0.3) is 21.9 Å². The van der Waals surface area contributed by atoms with Gasteiger partial charge in [-0.25, -0.2) is 0 Å². The Hall–Kier alpha value is -2.52. The summed E-state index contributed by atoms with van der Waals surface area (Å²) in [6.07, 6.45) is 1.08. The summed E-state index contributed by atoms with van der Waals surface area (Å²) in [4.78, 5) is 0. The molecule has 0 aromatic heterocycles. The lowest BCUT2D eigenvalue weighted by molar-refractivity contribution is 0.405. The van der Waals surface area contributed by atoms with E-state index >= 15 is 0 Å². The second-order valence-electron chi connectivity index (χ2n) is 7.56. The number of aryl methyl sites for hydroxylation is 1. The third kappa shape index (κ3) is 2.96. The zero-order chi connectivity index (χ0) is 19.1. The van der Waals surface area contributed by atoms with Crippen LogP contribution in [-0.2, 0) is 6.42 Å². The van der Waals surface area contributed by atoms with Crippen LogP contribution in [0.4, 0.5) is 0 Å². The topological polar surface area (TPSA) is 30.5 Å². The van der Waals surface area contributed by atoms with Crippen molar-refractivity contribution in [2.24, 2.45) is 0 Å². The van der Waals surface area contributed by atoms with Gasteiger partial charge in [-0.15, -0.1) is 0 Å². The lowest BCUT2D eigenvalue weighted by atomic mass is 9.86. The van der Waals surface area contributed by atoms with E-state index in [-0.39, 0.29) is 0 Å². The molecule has 1 heterocycles. The molecule has 3 aromatic carbocycles. The number of methoxy groups -OCH3 is 2. The SMILES string of the molecule is COc1cccc2c(-c3ccc4c(c3)[C@@H](C)N[C@H](C)C4)c(C)cc(OC)c12.